The summed E-state index contributed by atoms with van der Waals surface area (Å²) >= 11 is 1.96. The molecule has 0 saturated carbocycles. The van der Waals surface area contributed by atoms with E-state index in [1.54, 1.807) is 12.1 Å². The Bertz CT molecular complexity index is 507. The molecule has 5 nitrogen and oxygen atoms in total. The Labute approximate surface area is 116 Å². The number of rotatable bonds is 4. The van der Waals surface area contributed by atoms with Gasteiger partial charge in [-0.1, -0.05) is 6.07 Å². The van der Waals surface area contributed by atoms with Crippen molar-refractivity contribution in [2.24, 2.45) is 5.92 Å². The quantitative estimate of drug-likeness (QED) is 0.676. The van der Waals surface area contributed by atoms with Crippen LogP contribution in [0.2, 0.25) is 0 Å². The van der Waals surface area contributed by atoms with Gasteiger partial charge in [0.05, 0.1) is 4.92 Å². The second-order valence-electron chi connectivity index (χ2n) is 4.51. The Morgan fingerprint density at radius 1 is 1.47 bits per heavy atom. The van der Waals surface area contributed by atoms with Crippen molar-refractivity contribution in [3.8, 4) is 6.07 Å². The van der Waals surface area contributed by atoms with Gasteiger partial charge in [0.2, 0.25) is 0 Å². The summed E-state index contributed by atoms with van der Waals surface area (Å²) in [5, 5.41) is 23.1. The van der Waals surface area contributed by atoms with Crippen molar-refractivity contribution in [1.82, 2.24) is 0 Å². The lowest BCUT2D eigenvalue weighted by Gasteiger charge is -2.22. The van der Waals surface area contributed by atoms with Crippen LogP contribution in [0.5, 0.6) is 0 Å². The van der Waals surface area contributed by atoms with Gasteiger partial charge in [0, 0.05) is 6.54 Å². The summed E-state index contributed by atoms with van der Waals surface area (Å²) in [6.45, 7) is 0.732. The molecule has 0 spiro atoms. The summed E-state index contributed by atoms with van der Waals surface area (Å²) in [6.07, 6.45) is 2.28. The molecule has 1 fully saturated rings. The van der Waals surface area contributed by atoms with E-state index in [9.17, 15) is 10.1 Å². The van der Waals surface area contributed by atoms with Crippen LogP contribution in [0.1, 0.15) is 18.4 Å². The maximum Gasteiger partial charge on any atom is 0.309 e. The number of anilines is 1. The molecule has 0 amide bonds. The van der Waals surface area contributed by atoms with Crippen LogP contribution in [0.25, 0.3) is 0 Å². The van der Waals surface area contributed by atoms with Gasteiger partial charge in [0.25, 0.3) is 0 Å². The zero-order valence-electron chi connectivity index (χ0n) is 10.5. The molecule has 0 aromatic heterocycles. The highest BCUT2D eigenvalue weighted by atomic mass is 32.2. The van der Waals surface area contributed by atoms with E-state index in [1.165, 1.54) is 6.07 Å². The number of nitrogens with zero attached hydrogens (tertiary/aromatic N) is 2. The zero-order chi connectivity index (χ0) is 13.7. The first-order valence-electron chi connectivity index (χ1n) is 6.21. The predicted molar refractivity (Wildman–Crippen MR) is 76.4 cm³/mol. The Morgan fingerprint density at radius 3 is 2.84 bits per heavy atom. The van der Waals surface area contributed by atoms with E-state index >= 15 is 0 Å². The number of hydrogen-bond donors (Lipinski definition) is 1. The third-order valence-electron chi connectivity index (χ3n) is 3.26. The molecule has 0 aliphatic carbocycles. The lowest BCUT2D eigenvalue weighted by atomic mass is 10.0. The highest BCUT2D eigenvalue weighted by Gasteiger charge is 2.20. The normalized spacial score (nSPS) is 15.7. The van der Waals surface area contributed by atoms with Crippen LogP contribution in [0.3, 0.4) is 0 Å². The smallest absolute Gasteiger partial charge is 0.309 e. The molecule has 1 saturated heterocycles. The number of nitro groups is 1. The third kappa shape index (κ3) is 3.38. The summed E-state index contributed by atoms with van der Waals surface area (Å²) in [6, 6.07) is 6.68. The minimum absolute atomic E-state index is 0.106. The van der Waals surface area contributed by atoms with Gasteiger partial charge in [-0.05, 0) is 42.4 Å². The number of nitrogens with one attached hydrogen (secondary N) is 1. The Hall–Kier alpha value is -1.74. The van der Waals surface area contributed by atoms with Gasteiger partial charge in [0.1, 0.15) is 17.3 Å². The first-order valence-corrected chi connectivity index (χ1v) is 7.37. The summed E-state index contributed by atoms with van der Waals surface area (Å²) in [5.41, 5.74) is 0.437. The fourth-order valence-electron chi connectivity index (χ4n) is 2.18. The van der Waals surface area contributed by atoms with Crippen molar-refractivity contribution in [3.05, 3.63) is 33.9 Å². The number of thioether (sulfide) groups is 1. The van der Waals surface area contributed by atoms with E-state index in [4.69, 9.17) is 5.26 Å². The van der Waals surface area contributed by atoms with Crippen molar-refractivity contribution >= 4 is 23.1 Å². The first-order chi connectivity index (χ1) is 9.22. The van der Waals surface area contributed by atoms with Crippen LogP contribution in [0.4, 0.5) is 11.4 Å². The van der Waals surface area contributed by atoms with Gasteiger partial charge in [-0.3, -0.25) is 10.1 Å². The van der Waals surface area contributed by atoms with E-state index in [0.29, 0.717) is 11.6 Å². The van der Waals surface area contributed by atoms with Crippen LogP contribution < -0.4 is 5.32 Å². The Morgan fingerprint density at radius 2 is 2.21 bits per heavy atom. The lowest BCUT2D eigenvalue weighted by molar-refractivity contribution is -0.384. The number of benzene rings is 1. The van der Waals surface area contributed by atoms with Gasteiger partial charge >= 0.3 is 5.69 Å². The minimum Gasteiger partial charge on any atom is -0.379 e. The molecule has 0 bridgehead atoms. The molecule has 1 aromatic rings. The average Bonchev–Trinajstić information content (AvgIpc) is 2.45. The SMILES string of the molecule is N#Cc1cccc(NCC2CCSCC2)c1[N+](=O)[O-]. The summed E-state index contributed by atoms with van der Waals surface area (Å²) in [5.74, 6) is 2.88. The van der Waals surface area contributed by atoms with E-state index in [-0.39, 0.29) is 11.3 Å². The summed E-state index contributed by atoms with van der Waals surface area (Å²) < 4.78 is 0. The highest BCUT2D eigenvalue weighted by Crippen LogP contribution is 2.29. The van der Waals surface area contributed by atoms with Crippen LogP contribution in [-0.2, 0) is 0 Å². The van der Waals surface area contributed by atoms with E-state index in [2.05, 4.69) is 5.32 Å². The maximum atomic E-state index is 11.1. The van der Waals surface area contributed by atoms with Gasteiger partial charge in [-0.2, -0.15) is 17.0 Å². The lowest BCUT2D eigenvalue weighted by Crippen LogP contribution is -2.19. The first kappa shape index (κ1) is 13.7. The molecule has 1 aliphatic rings. The summed E-state index contributed by atoms with van der Waals surface area (Å²) in [7, 11) is 0. The topological polar surface area (TPSA) is 79.0 Å². The van der Waals surface area contributed by atoms with E-state index < -0.39 is 4.92 Å². The molecule has 0 unspecified atom stereocenters. The molecule has 1 aromatic carbocycles. The molecule has 100 valence electrons. The van der Waals surface area contributed by atoms with Crippen LogP contribution in [0, 0.1) is 27.4 Å². The predicted octanol–water partition coefficient (Wildman–Crippen LogP) is 3.02. The number of nitriles is 1. The molecule has 1 aliphatic heterocycles. The fraction of sp³-hybridized carbons (Fsp3) is 0.462. The molecule has 0 radical (unpaired) electrons. The largest absolute Gasteiger partial charge is 0.379 e. The van der Waals surface area contributed by atoms with Crippen molar-refractivity contribution in [1.29, 1.82) is 5.26 Å². The van der Waals surface area contributed by atoms with Gasteiger partial charge in [-0.25, -0.2) is 0 Å². The van der Waals surface area contributed by atoms with Crippen molar-refractivity contribution in [2.45, 2.75) is 12.8 Å². The number of para-hydroxylation sites is 1. The Kier molecular flexibility index (Phi) is 4.63. The van der Waals surface area contributed by atoms with Crippen LogP contribution >= 0.6 is 11.8 Å². The molecular weight excluding hydrogens is 262 g/mol. The second-order valence-corrected chi connectivity index (χ2v) is 5.73. The molecule has 1 N–H and O–H groups in total. The molecule has 19 heavy (non-hydrogen) atoms. The van der Waals surface area contributed by atoms with Gasteiger partial charge in [0.15, 0.2) is 0 Å². The zero-order valence-corrected chi connectivity index (χ0v) is 11.3. The average molecular weight is 277 g/mol. The third-order valence-corrected chi connectivity index (χ3v) is 4.31. The molecule has 2 rings (SSSR count). The van der Waals surface area contributed by atoms with E-state index in [0.717, 1.165) is 30.9 Å². The van der Waals surface area contributed by atoms with Crippen LogP contribution in [0.15, 0.2) is 18.2 Å². The highest BCUT2D eigenvalue weighted by molar-refractivity contribution is 7.99. The van der Waals surface area contributed by atoms with Crippen molar-refractivity contribution < 1.29 is 4.92 Å². The fourth-order valence-corrected chi connectivity index (χ4v) is 3.38. The van der Waals surface area contributed by atoms with Crippen LogP contribution in [-0.4, -0.2) is 23.0 Å². The van der Waals surface area contributed by atoms with Crippen molar-refractivity contribution in [3.63, 3.8) is 0 Å². The Balaban J connectivity index is 2.11. The minimum atomic E-state index is -0.488. The molecule has 1 heterocycles. The van der Waals surface area contributed by atoms with Gasteiger partial charge in [-0.15, -0.1) is 0 Å². The monoisotopic (exact) mass is 277 g/mol. The molecular formula is C13H15N3O2S. The number of hydrogen-bond acceptors (Lipinski definition) is 5. The maximum absolute atomic E-state index is 11.1. The second kappa shape index (κ2) is 6.43. The molecule has 0 atom stereocenters. The number of nitro benzene ring substituents is 1. The van der Waals surface area contributed by atoms with Gasteiger partial charge < -0.3 is 5.32 Å². The standard InChI is InChI=1S/C13H15N3O2S/c14-8-11-2-1-3-12(13(11)16(17)18)15-9-10-4-6-19-7-5-10/h1-3,10,15H,4-7,9H2. The van der Waals surface area contributed by atoms with E-state index in [1.807, 2.05) is 17.8 Å². The molecule has 6 heteroatoms. The van der Waals surface area contributed by atoms with Crippen molar-refractivity contribution in [2.75, 3.05) is 23.4 Å². The summed E-state index contributed by atoms with van der Waals surface area (Å²) in [4.78, 5) is 10.6.